The lowest BCUT2D eigenvalue weighted by Gasteiger charge is -2.27. The highest BCUT2D eigenvalue weighted by molar-refractivity contribution is 9.11. The molecule has 1 aliphatic rings. The topological polar surface area (TPSA) is 0 Å². The zero-order valence-electron chi connectivity index (χ0n) is 10.8. The minimum Gasteiger partial charge on any atom is -0.132 e. The molecule has 0 bridgehead atoms. The number of thiophene rings is 1. The molecule has 0 saturated carbocycles. The normalized spacial score (nSPS) is 20.1. The lowest BCUT2D eigenvalue weighted by Crippen LogP contribution is -2.17. The second-order valence-electron chi connectivity index (χ2n) is 5.28. The van der Waals surface area contributed by atoms with Crippen LogP contribution >= 0.6 is 43.2 Å². The zero-order chi connectivity index (χ0) is 13.4. The van der Waals surface area contributed by atoms with E-state index in [9.17, 15) is 0 Å². The predicted octanol–water partition coefficient (Wildman–Crippen LogP) is 6.06. The molecule has 1 heterocycles. The fraction of sp³-hybridized carbons (Fsp3) is 0.375. The van der Waals surface area contributed by atoms with Gasteiger partial charge in [0, 0.05) is 4.88 Å². The number of benzene rings is 1. The van der Waals surface area contributed by atoms with Crippen molar-refractivity contribution in [3.63, 3.8) is 0 Å². The van der Waals surface area contributed by atoms with Gasteiger partial charge in [0.15, 0.2) is 0 Å². The number of rotatable bonds is 2. The fourth-order valence-electron chi connectivity index (χ4n) is 2.83. The van der Waals surface area contributed by atoms with Crippen molar-refractivity contribution in [3.05, 3.63) is 55.7 Å². The highest BCUT2D eigenvalue weighted by Gasteiger charge is 2.26. The molecule has 1 aliphatic carbocycles. The Morgan fingerprint density at radius 1 is 1.26 bits per heavy atom. The van der Waals surface area contributed by atoms with Gasteiger partial charge in [-0.1, -0.05) is 40.2 Å². The molecule has 0 nitrogen and oxygen atoms in total. The lowest BCUT2D eigenvalue weighted by molar-refractivity contribution is 0.456. The Bertz CT molecular complexity index is 569. The van der Waals surface area contributed by atoms with Gasteiger partial charge >= 0.3 is 0 Å². The quantitative estimate of drug-likeness (QED) is 0.538. The first-order valence-corrected chi connectivity index (χ1v) is 9.14. The number of hydrogen-bond donors (Lipinski definition) is 0. The number of halogens is 2. The van der Waals surface area contributed by atoms with Gasteiger partial charge in [0.2, 0.25) is 0 Å². The Labute approximate surface area is 135 Å². The Morgan fingerprint density at radius 2 is 2.00 bits per heavy atom. The van der Waals surface area contributed by atoms with Crippen LogP contribution in [0.3, 0.4) is 0 Å². The minimum atomic E-state index is 0.482. The number of alkyl halides is 1. The molecule has 2 unspecified atom stereocenters. The van der Waals surface area contributed by atoms with Crippen LogP contribution in [0.2, 0.25) is 0 Å². The van der Waals surface area contributed by atoms with Crippen LogP contribution in [0.5, 0.6) is 0 Å². The molecular weight excluding hydrogens is 384 g/mol. The van der Waals surface area contributed by atoms with E-state index in [0.29, 0.717) is 10.7 Å². The van der Waals surface area contributed by atoms with E-state index in [2.05, 4.69) is 69.1 Å². The molecule has 3 rings (SSSR count). The van der Waals surface area contributed by atoms with E-state index in [1.54, 1.807) is 5.56 Å². The van der Waals surface area contributed by atoms with Gasteiger partial charge in [-0.2, -0.15) is 0 Å². The summed E-state index contributed by atoms with van der Waals surface area (Å²) >= 11 is 9.44. The molecular formula is C16H16Br2S. The van der Waals surface area contributed by atoms with Crippen LogP contribution in [0.15, 0.2) is 34.1 Å². The Kier molecular flexibility index (Phi) is 4.16. The Morgan fingerprint density at radius 3 is 2.68 bits per heavy atom. The van der Waals surface area contributed by atoms with E-state index in [1.165, 1.54) is 39.1 Å². The van der Waals surface area contributed by atoms with Crippen LogP contribution in [0, 0.1) is 12.8 Å². The molecule has 0 fully saturated rings. The monoisotopic (exact) mass is 398 g/mol. The van der Waals surface area contributed by atoms with E-state index in [4.69, 9.17) is 0 Å². The summed E-state index contributed by atoms with van der Waals surface area (Å²) in [4.78, 5) is 1.93. The van der Waals surface area contributed by atoms with Crippen LogP contribution in [-0.2, 0) is 12.8 Å². The highest BCUT2D eigenvalue weighted by Crippen LogP contribution is 2.43. The summed E-state index contributed by atoms with van der Waals surface area (Å²) < 4.78 is 1.27. The van der Waals surface area contributed by atoms with Crippen LogP contribution in [0.1, 0.15) is 32.8 Å². The van der Waals surface area contributed by atoms with Gasteiger partial charge in [0.05, 0.1) is 8.61 Å². The van der Waals surface area contributed by atoms with E-state index in [-0.39, 0.29) is 0 Å². The summed E-state index contributed by atoms with van der Waals surface area (Å²) in [5, 5.41) is 0. The maximum atomic E-state index is 3.94. The van der Waals surface area contributed by atoms with E-state index in [0.717, 1.165) is 0 Å². The van der Waals surface area contributed by atoms with Gasteiger partial charge in [-0.25, -0.2) is 0 Å². The molecule has 19 heavy (non-hydrogen) atoms. The molecule has 3 heteroatoms. The summed E-state index contributed by atoms with van der Waals surface area (Å²) in [6.45, 7) is 2.17. The van der Waals surface area contributed by atoms with Gasteiger partial charge < -0.3 is 0 Å². The molecule has 0 saturated heterocycles. The first-order chi connectivity index (χ1) is 9.15. The summed E-state index contributed by atoms with van der Waals surface area (Å²) in [5.41, 5.74) is 4.43. The van der Waals surface area contributed by atoms with Crippen molar-refractivity contribution in [3.8, 4) is 0 Å². The summed E-state index contributed by atoms with van der Waals surface area (Å²) in [7, 11) is 0. The Balaban J connectivity index is 1.81. The summed E-state index contributed by atoms with van der Waals surface area (Å²) in [6, 6.07) is 11.2. The smallest absolute Gasteiger partial charge is 0.0730 e. The molecule has 2 atom stereocenters. The average Bonchev–Trinajstić information content (AvgIpc) is 2.77. The molecule has 100 valence electrons. The van der Waals surface area contributed by atoms with Gasteiger partial charge in [0.1, 0.15) is 0 Å². The van der Waals surface area contributed by atoms with Crippen molar-refractivity contribution in [1.29, 1.82) is 0 Å². The third kappa shape index (κ3) is 2.84. The highest BCUT2D eigenvalue weighted by atomic mass is 79.9. The lowest BCUT2D eigenvalue weighted by atomic mass is 9.82. The van der Waals surface area contributed by atoms with Gasteiger partial charge in [-0.15, -0.1) is 11.3 Å². The van der Waals surface area contributed by atoms with Crippen molar-refractivity contribution in [2.75, 3.05) is 0 Å². The molecule has 0 radical (unpaired) electrons. The molecule has 0 amide bonds. The summed E-state index contributed by atoms with van der Waals surface area (Å²) in [6.07, 6.45) is 3.69. The third-order valence-electron chi connectivity index (χ3n) is 3.95. The number of fused-ring (bicyclic) bond motifs is 1. The predicted molar refractivity (Wildman–Crippen MR) is 90.4 cm³/mol. The number of aryl methyl sites for hydroxylation is 2. The first kappa shape index (κ1) is 13.8. The van der Waals surface area contributed by atoms with E-state index < -0.39 is 0 Å². The molecule has 0 spiro atoms. The fourth-order valence-corrected chi connectivity index (χ4v) is 5.33. The molecule has 0 N–H and O–H groups in total. The van der Waals surface area contributed by atoms with Crippen LogP contribution in [0.4, 0.5) is 0 Å². The van der Waals surface area contributed by atoms with Crippen molar-refractivity contribution < 1.29 is 0 Å². The standard InChI is InChI=1S/C16H16Br2S/c1-10-8-14(19-16(10)18)15(17)13-7-6-11-4-2-3-5-12(11)9-13/h2-5,8,13,15H,6-7,9H2,1H3. The van der Waals surface area contributed by atoms with Crippen LogP contribution in [-0.4, -0.2) is 0 Å². The van der Waals surface area contributed by atoms with Gasteiger partial charge in [0.25, 0.3) is 0 Å². The SMILES string of the molecule is Cc1cc(C(Br)C2CCc3ccccc3C2)sc1Br. The van der Waals surface area contributed by atoms with Crippen LogP contribution in [0.25, 0.3) is 0 Å². The molecule has 1 aromatic heterocycles. The molecule has 2 aromatic rings. The first-order valence-electron chi connectivity index (χ1n) is 6.62. The van der Waals surface area contributed by atoms with Gasteiger partial charge in [-0.3, -0.25) is 0 Å². The largest absolute Gasteiger partial charge is 0.132 e. The maximum Gasteiger partial charge on any atom is 0.0730 e. The van der Waals surface area contributed by atoms with Crippen LogP contribution < -0.4 is 0 Å². The van der Waals surface area contributed by atoms with Crippen molar-refractivity contribution in [1.82, 2.24) is 0 Å². The Hall–Kier alpha value is -0.120. The average molecular weight is 400 g/mol. The van der Waals surface area contributed by atoms with E-state index in [1.807, 2.05) is 11.3 Å². The molecule has 0 aliphatic heterocycles. The molecule has 1 aromatic carbocycles. The zero-order valence-corrected chi connectivity index (χ0v) is 14.8. The second-order valence-corrected chi connectivity index (χ2v) is 8.67. The third-order valence-corrected chi connectivity index (χ3v) is 7.71. The van der Waals surface area contributed by atoms with Crippen molar-refractivity contribution in [2.24, 2.45) is 5.92 Å². The second kappa shape index (κ2) is 5.71. The van der Waals surface area contributed by atoms with Gasteiger partial charge in [-0.05, 0) is 70.8 Å². The minimum absolute atomic E-state index is 0.482. The van der Waals surface area contributed by atoms with Crippen molar-refractivity contribution in [2.45, 2.75) is 31.0 Å². The van der Waals surface area contributed by atoms with E-state index >= 15 is 0 Å². The maximum absolute atomic E-state index is 3.94. The number of hydrogen-bond acceptors (Lipinski definition) is 1. The summed E-state index contributed by atoms with van der Waals surface area (Å²) in [5.74, 6) is 0.708. The van der Waals surface area contributed by atoms with Crippen molar-refractivity contribution >= 4 is 43.2 Å².